The summed E-state index contributed by atoms with van der Waals surface area (Å²) >= 11 is 9.03. The van der Waals surface area contributed by atoms with E-state index in [1.54, 1.807) is 28.0 Å². The summed E-state index contributed by atoms with van der Waals surface area (Å²) in [5.74, 6) is 0.886. The summed E-state index contributed by atoms with van der Waals surface area (Å²) in [4.78, 5) is 35.3. The molecule has 9 heteroatoms. The first kappa shape index (κ1) is 21.9. The van der Waals surface area contributed by atoms with Crippen LogP contribution in [-0.2, 0) is 22.4 Å². The Morgan fingerprint density at radius 2 is 2.03 bits per heavy atom. The zero-order valence-corrected chi connectivity index (χ0v) is 20.2. The zero-order chi connectivity index (χ0) is 22.2. The van der Waals surface area contributed by atoms with E-state index in [-0.39, 0.29) is 17.2 Å². The van der Waals surface area contributed by atoms with Crippen molar-refractivity contribution >= 4 is 50.8 Å². The van der Waals surface area contributed by atoms with E-state index >= 15 is 0 Å². The van der Waals surface area contributed by atoms with E-state index in [0.29, 0.717) is 48.1 Å². The molecule has 1 aromatic carbocycles. The summed E-state index contributed by atoms with van der Waals surface area (Å²) < 4.78 is 6.98. The normalized spacial score (nSPS) is 18.7. The topological polar surface area (TPSA) is 64.4 Å². The van der Waals surface area contributed by atoms with E-state index in [4.69, 9.17) is 21.3 Å². The number of nitrogens with zero attached hydrogens (tertiary/aromatic N) is 3. The Kier molecular flexibility index (Phi) is 6.29. The van der Waals surface area contributed by atoms with Crippen LogP contribution in [0.25, 0.3) is 15.9 Å². The van der Waals surface area contributed by atoms with Crippen LogP contribution < -0.4 is 5.56 Å². The van der Waals surface area contributed by atoms with E-state index < -0.39 is 0 Å². The lowest BCUT2D eigenvalue weighted by molar-refractivity contribution is -0.132. The minimum absolute atomic E-state index is 0.0367. The molecule has 1 aliphatic carbocycles. The van der Waals surface area contributed by atoms with E-state index in [0.717, 1.165) is 35.0 Å². The number of morpholine rings is 1. The number of carbonyl (C=O) groups is 1. The molecule has 3 heterocycles. The van der Waals surface area contributed by atoms with Crippen LogP contribution in [0, 0.1) is 5.92 Å². The highest BCUT2D eigenvalue weighted by Gasteiger charge is 2.26. The van der Waals surface area contributed by atoms with E-state index in [9.17, 15) is 9.59 Å². The average Bonchev–Trinajstić information content (AvgIpc) is 3.16. The quantitative estimate of drug-likeness (QED) is 0.406. The van der Waals surface area contributed by atoms with Gasteiger partial charge in [0.2, 0.25) is 5.91 Å². The molecule has 1 saturated heterocycles. The Hall–Kier alpha value is -1.87. The molecule has 0 saturated carbocycles. The molecular weight excluding hydrogens is 466 g/mol. The predicted octanol–water partition coefficient (Wildman–Crippen LogP) is 4.18. The Morgan fingerprint density at radius 3 is 2.78 bits per heavy atom. The minimum atomic E-state index is -0.0642. The molecule has 1 aliphatic heterocycles. The first-order valence-electron chi connectivity index (χ1n) is 10.8. The second kappa shape index (κ2) is 9.17. The number of amides is 1. The van der Waals surface area contributed by atoms with Crippen LogP contribution in [0.5, 0.6) is 0 Å². The Balaban J connectivity index is 1.57. The fourth-order valence-corrected chi connectivity index (χ4v) is 6.78. The number of hydrogen-bond acceptors (Lipinski definition) is 6. The van der Waals surface area contributed by atoms with Gasteiger partial charge in [-0.1, -0.05) is 30.3 Å². The van der Waals surface area contributed by atoms with Crippen LogP contribution in [0.2, 0.25) is 5.02 Å². The molecule has 0 bridgehead atoms. The van der Waals surface area contributed by atoms with Crippen molar-refractivity contribution < 1.29 is 9.53 Å². The summed E-state index contributed by atoms with van der Waals surface area (Å²) in [6.07, 6.45) is 2.99. The standard InChI is InChI=1S/C23H24ClN3O3S2/c1-14-2-7-17-18(12-14)32-21-20(17)22(29)27(16-5-3-15(24)4-6-16)23(25-21)31-13-19(28)26-8-10-30-11-9-26/h3-6,14H,2,7-13H2,1H3. The van der Waals surface area contributed by atoms with Gasteiger partial charge in [0.15, 0.2) is 5.16 Å². The van der Waals surface area contributed by atoms with Crippen molar-refractivity contribution in [2.24, 2.45) is 5.92 Å². The van der Waals surface area contributed by atoms with Gasteiger partial charge < -0.3 is 9.64 Å². The minimum Gasteiger partial charge on any atom is -0.378 e. The number of fused-ring (bicyclic) bond motifs is 3. The van der Waals surface area contributed by atoms with Gasteiger partial charge in [0.05, 0.1) is 30.0 Å². The molecule has 0 spiro atoms. The molecule has 168 valence electrons. The first-order chi connectivity index (χ1) is 15.5. The highest BCUT2D eigenvalue weighted by Crippen LogP contribution is 2.37. The maximum Gasteiger partial charge on any atom is 0.267 e. The molecule has 2 aromatic heterocycles. The summed E-state index contributed by atoms with van der Waals surface area (Å²) in [5.41, 5.74) is 1.80. The predicted molar refractivity (Wildman–Crippen MR) is 130 cm³/mol. The number of ether oxygens (including phenoxy) is 1. The summed E-state index contributed by atoms with van der Waals surface area (Å²) in [7, 11) is 0. The maximum atomic E-state index is 13.8. The second-order valence-electron chi connectivity index (χ2n) is 8.33. The highest BCUT2D eigenvalue weighted by molar-refractivity contribution is 7.99. The third kappa shape index (κ3) is 4.21. The molecule has 1 atom stereocenters. The van der Waals surface area contributed by atoms with Crippen molar-refractivity contribution in [2.45, 2.75) is 31.3 Å². The van der Waals surface area contributed by atoms with Crippen LogP contribution >= 0.6 is 34.7 Å². The number of hydrogen-bond donors (Lipinski definition) is 0. The van der Waals surface area contributed by atoms with E-state index in [1.807, 2.05) is 17.0 Å². The molecule has 6 nitrogen and oxygen atoms in total. The van der Waals surface area contributed by atoms with Gasteiger partial charge in [-0.25, -0.2) is 4.98 Å². The van der Waals surface area contributed by atoms with Crippen LogP contribution in [0.15, 0.2) is 34.2 Å². The van der Waals surface area contributed by atoms with Crippen molar-refractivity contribution in [1.82, 2.24) is 14.5 Å². The van der Waals surface area contributed by atoms with Crippen molar-refractivity contribution in [3.05, 3.63) is 50.1 Å². The number of aromatic nitrogens is 2. The number of carbonyl (C=O) groups excluding carboxylic acids is 1. The maximum absolute atomic E-state index is 13.8. The third-order valence-corrected chi connectivity index (χ3v) is 8.40. The van der Waals surface area contributed by atoms with Crippen molar-refractivity contribution in [3.8, 4) is 5.69 Å². The van der Waals surface area contributed by atoms with Gasteiger partial charge in [-0.2, -0.15) is 0 Å². The Labute approximate surface area is 199 Å². The third-order valence-electron chi connectivity index (χ3n) is 6.07. The number of rotatable bonds is 4. The van der Waals surface area contributed by atoms with Crippen LogP contribution in [0.3, 0.4) is 0 Å². The van der Waals surface area contributed by atoms with Crippen LogP contribution in [0.4, 0.5) is 0 Å². The molecule has 1 amide bonds. The fourth-order valence-electron chi connectivity index (χ4n) is 4.32. The monoisotopic (exact) mass is 489 g/mol. The van der Waals surface area contributed by atoms with Crippen molar-refractivity contribution in [1.29, 1.82) is 0 Å². The van der Waals surface area contributed by atoms with Crippen molar-refractivity contribution in [3.63, 3.8) is 0 Å². The van der Waals surface area contributed by atoms with Gasteiger partial charge in [0.25, 0.3) is 5.56 Å². The van der Waals surface area contributed by atoms with Gasteiger partial charge in [-0.15, -0.1) is 11.3 Å². The lowest BCUT2D eigenvalue weighted by atomic mass is 9.89. The second-order valence-corrected chi connectivity index (χ2v) is 10.8. The van der Waals surface area contributed by atoms with Crippen molar-refractivity contribution in [2.75, 3.05) is 32.1 Å². The van der Waals surface area contributed by atoms with Gasteiger partial charge in [-0.05, 0) is 55.0 Å². The molecule has 3 aromatic rings. The van der Waals surface area contributed by atoms with Gasteiger partial charge in [0.1, 0.15) is 4.83 Å². The average molecular weight is 490 g/mol. The van der Waals surface area contributed by atoms with Crippen LogP contribution in [0.1, 0.15) is 23.8 Å². The van der Waals surface area contributed by atoms with Gasteiger partial charge in [0, 0.05) is 23.0 Å². The molecule has 32 heavy (non-hydrogen) atoms. The first-order valence-corrected chi connectivity index (χ1v) is 13.0. The van der Waals surface area contributed by atoms with E-state index in [2.05, 4.69) is 6.92 Å². The SMILES string of the molecule is CC1CCc2c(sc3nc(SCC(=O)N4CCOCC4)n(-c4ccc(Cl)cc4)c(=O)c23)C1. The number of thioether (sulfide) groups is 1. The van der Waals surface area contributed by atoms with Crippen LogP contribution in [-0.4, -0.2) is 52.4 Å². The number of benzene rings is 1. The molecule has 1 unspecified atom stereocenters. The lowest BCUT2D eigenvalue weighted by Crippen LogP contribution is -2.41. The van der Waals surface area contributed by atoms with E-state index in [1.165, 1.54) is 16.6 Å². The lowest BCUT2D eigenvalue weighted by Gasteiger charge is -2.26. The highest BCUT2D eigenvalue weighted by atomic mass is 35.5. The molecule has 1 fully saturated rings. The van der Waals surface area contributed by atoms with Gasteiger partial charge in [-0.3, -0.25) is 14.2 Å². The number of aryl methyl sites for hydroxylation is 1. The number of halogens is 1. The smallest absolute Gasteiger partial charge is 0.267 e. The zero-order valence-electron chi connectivity index (χ0n) is 17.8. The van der Waals surface area contributed by atoms with Gasteiger partial charge >= 0.3 is 0 Å². The Morgan fingerprint density at radius 1 is 1.28 bits per heavy atom. The summed E-state index contributed by atoms with van der Waals surface area (Å²) in [6, 6.07) is 7.19. The Bertz CT molecular complexity index is 1220. The molecule has 0 radical (unpaired) electrons. The summed E-state index contributed by atoms with van der Waals surface area (Å²) in [6.45, 7) is 4.59. The number of thiophene rings is 1. The molecule has 0 N–H and O–H groups in total. The fraction of sp³-hybridized carbons (Fsp3) is 0.435. The summed E-state index contributed by atoms with van der Waals surface area (Å²) in [5, 5.41) is 1.88. The molecule has 2 aliphatic rings. The molecule has 5 rings (SSSR count). The largest absolute Gasteiger partial charge is 0.378 e. The molecular formula is C23H24ClN3O3S2.